The Bertz CT molecular complexity index is 870. The second kappa shape index (κ2) is 6.25. The first-order valence-electron chi connectivity index (χ1n) is 7.62. The van der Waals surface area contributed by atoms with Gasteiger partial charge in [-0.05, 0) is 43.9 Å². The Kier molecular flexibility index (Phi) is 4.32. The Labute approximate surface area is 135 Å². The minimum atomic E-state index is -3.56. The van der Waals surface area contributed by atoms with Crippen molar-refractivity contribution in [1.29, 1.82) is 0 Å². The van der Waals surface area contributed by atoms with E-state index >= 15 is 0 Å². The van der Waals surface area contributed by atoms with Crippen LogP contribution in [0.25, 0.3) is 0 Å². The van der Waals surface area contributed by atoms with E-state index in [0.717, 1.165) is 36.1 Å². The van der Waals surface area contributed by atoms with Crippen LogP contribution < -0.4 is 10.3 Å². The molecule has 122 valence electrons. The molecule has 0 amide bonds. The number of nitrogens with one attached hydrogen (secondary N) is 1. The lowest BCUT2D eigenvalue weighted by atomic mass is 10.2. The monoisotopic (exact) mass is 333 g/mol. The molecule has 0 unspecified atom stereocenters. The van der Waals surface area contributed by atoms with Gasteiger partial charge in [0.1, 0.15) is 0 Å². The average Bonchev–Trinajstić information content (AvgIpc) is 2.95. The van der Waals surface area contributed by atoms with E-state index in [4.69, 9.17) is 0 Å². The van der Waals surface area contributed by atoms with Gasteiger partial charge in [-0.1, -0.05) is 17.7 Å². The second-order valence-corrected chi connectivity index (χ2v) is 7.51. The van der Waals surface area contributed by atoms with Crippen LogP contribution in [0.1, 0.15) is 23.2 Å². The standard InChI is InChI=1S/C16H19N3O3S/c1-12-5-7-14(8-6-12)23(21,22)17-9-10-19-16(20)11-13-3-2-4-15(13)18-19/h5-8,11,17H,2-4,9-10H2,1H3. The van der Waals surface area contributed by atoms with Gasteiger partial charge in [-0.2, -0.15) is 5.10 Å². The summed E-state index contributed by atoms with van der Waals surface area (Å²) in [5.74, 6) is 0. The van der Waals surface area contributed by atoms with E-state index in [2.05, 4.69) is 9.82 Å². The number of rotatable bonds is 5. The average molecular weight is 333 g/mol. The van der Waals surface area contributed by atoms with Gasteiger partial charge in [0.25, 0.3) is 5.56 Å². The minimum absolute atomic E-state index is 0.127. The van der Waals surface area contributed by atoms with Crippen molar-refractivity contribution < 1.29 is 8.42 Å². The summed E-state index contributed by atoms with van der Waals surface area (Å²) in [6.07, 6.45) is 2.80. The van der Waals surface area contributed by atoms with Gasteiger partial charge >= 0.3 is 0 Å². The summed E-state index contributed by atoms with van der Waals surface area (Å²) in [5, 5.41) is 4.33. The van der Waals surface area contributed by atoms with Gasteiger partial charge in [-0.3, -0.25) is 4.79 Å². The largest absolute Gasteiger partial charge is 0.268 e. The molecule has 1 heterocycles. The fourth-order valence-electron chi connectivity index (χ4n) is 2.69. The lowest BCUT2D eigenvalue weighted by Crippen LogP contribution is -2.32. The highest BCUT2D eigenvalue weighted by Gasteiger charge is 2.16. The summed E-state index contributed by atoms with van der Waals surface area (Å²) in [6, 6.07) is 8.25. The molecule has 0 bridgehead atoms. The van der Waals surface area contributed by atoms with Gasteiger partial charge < -0.3 is 0 Å². The summed E-state index contributed by atoms with van der Waals surface area (Å²) < 4.78 is 28.2. The van der Waals surface area contributed by atoms with Crippen LogP contribution in [0.3, 0.4) is 0 Å². The fraction of sp³-hybridized carbons (Fsp3) is 0.375. The third-order valence-electron chi connectivity index (χ3n) is 3.97. The molecular weight excluding hydrogens is 314 g/mol. The van der Waals surface area contributed by atoms with Gasteiger partial charge in [0, 0.05) is 12.6 Å². The van der Waals surface area contributed by atoms with E-state index in [-0.39, 0.29) is 23.5 Å². The van der Waals surface area contributed by atoms with Gasteiger partial charge in [-0.15, -0.1) is 0 Å². The Balaban J connectivity index is 1.67. The van der Waals surface area contributed by atoms with E-state index in [9.17, 15) is 13.2 Å². The van der Waals surface area contributed by atoms with E-state index < -0.39 is 10.0 Å². The van der Waals surface area contributed by atoms with Crippen LogP contribution in [0.5, 0.6) is 0 Å². The third kappa shape index (κ3) is 3.51. The number of fused-ring (bicyclic) bond motifs is 1. The number of nitrogens with zero attached hydrogens (tertiary/aromatic N) is 2. The Morgan fingerprint density at radius 2 is 1.96 bits per heavy atom. The van der Waals surface area contributed by atoms with Crippen molar-refractivity contribution in [3.63, 3.8) is 0 Å². The number of aryl methyl sites for hydroxylation is 3. The molecule has 7 heteroatoms. The summed E-state index contributed by atoms with van der Waals surface area (Å²) in [5.41, 5.74) is 2.79. The van der Waals surface area contributed by atoms with Gasteiger partial charge in [-0.25, -0.2) is 17.8 Å². The molecule has 6 nitrogen and oxygen atoms in total. The minimum Gasteiger partial charge on any atom is -0.268 e. The van der Waals surface area contributed by atoms with Crippen molar-refractivity contribution in [3.05, 3.63) is 57.5 Å². The molecule has 3 rings (SSSR count). The van der Waals surface area contributed by atoms with Crippen molar-refractivity contribution >= 4 is 10.0 Å². The lowest BCUT2D eigenvalue weighted by Gasteiger charge is -2.09. The highest BCUT2D eigenvalue weighted by molar-refractivity contribution is 7.89. The number of sulfonamides is 1. The van der Waals surface area contributed by atoms with Crippen molar-refractivity contribution in [2.45, 2.75) is 37.6 Å². The van der Waals surface area contributed by atoms with Crippen LogP contribution in [0.15, 0.2) is 40.0 Å². The molecule has 1 aliphatic carbocycles. The van der Waals surface area contributed by atoms with Crippen LogP contribution in [0.2, 0.25) is 0 Å². The molecule has 2 aromatic rings. The van der Waals surface area contributed by atoms with E-state index in [1.54, 1.807) is 30.3 Å². The molecule has 23 heavy (non-hydrogen) atoms. The zero-order chi connectivity index (χ0) is 16.4. The quantitative estimate of drug-likeness (QED) is 0.886. The van der Waals surface area contributed by atoms with Crippen molar-refractivity contribution in [2.24, 2.45) is 0 Å². The fourth-order valence-corrected chi connectivity index (χ4v) is 3.71. The molecule has 1 aliphatic rings. The first kappa shape index (κ1) is 15.9. The molecule has 0 spiro atoms. The maximum absolute atomic E-state index is 12.2. The lowest BCUT2D eigenvalue weighted by molar-refractivity contribution is 0.541. The van der Waals surface area contributed by atoms with Gasteiger partial charge in [0.05, 0.1) is 17.1 Å². The molecule has 0 atom stereocenters. The van der Waals surface area contributed by atoms with Crippen LogP contribution in [0.4, 0.5) is 0 Å². The number of hydrogen-bond donors (Lipinski definition) is 1. The highest BCUT2D eigenvalue weighted by Crippen LogP contribution is 2.16. The molecule has 1 aromatic heterocycles. The van der Waals surface area contributed by atoms with Crippen molar-refractivity contribution in [3.8, 4) is 0 Å². The zero-order valence-electron chi connectivity index (χ0n) is 12.9. The Morgan fingerprint density at radius 3 is 2.70 bits per heavy atom. The normalized spacial score (nSPS) is 14.0. The number of hydrogen-bond acceptors (Lipinski definition) is 4. The maximum atomic E-state index is 12.2. The SMILES string of the molecule is Cc1ccc(S(=O)(=O)NCCn2nc3c(cc2=O)CCC3)cc1. The van der Waals surface area contributed by atoms with E-state index in [0.29, 0.717) is 0 Å². The molecule has 0 saturated heterocycles. The Hall–Kier alpha value is -1.99. The molecule has 0 radical (unpaired) electrons. The molecular formula is C16H19N3O3S. The van der Waals surface area contributed by atoms with Crippen LogP contribution in [-0.4, -0.2) is 24.7 Å². The first-order valence-corrected chi connectivity index (χ1v) is 9.10. The predicted molar refractivity (Wildman–Crippen MR) is 86.9 cm³/mol. The second-order valence-electron chi connectivity index (χ2n) is 5.74. The van der Waals surface area contributed by atoms with Gasteiger partial charge in [0.15, 0.2) is 0 Å². The summed E-state index contributed by atoms with van der Waals surface area (Å²) in [6.45, 7) is 2.24. The van der Waals surface area contributed by atoms with Gasteiger partial charge in [0.2, 0.25) is 10.0 Å². The number of benzene rings is 1. The smallest absolute Gasteiger partial charge is 0.267 e. The van der Waals surface area contributed by atoms with Crippen LogP contribution >= 0.6 is 0 Å². The molecule has 1 N–H and O–H groups in total. The summed E-state index contributed by atoms with van der Waals surface area (Å²) in [4.78, 5) is 12.2. The van der Waals surface area contributed by atoms with E-state index in [1.807, 2.05) is 6.92 Å². The van der Waals surface area contributed by atoms with Crippen LogP contribution in [-0.2, 0) is 29.4 Å². The van der Waals surface area contributed by atoms with E-state index in [1.165, 1.54) is 4.68 Å². The maximum Gasteiger partial charge on any atom is 0.267 e. The Morgan fingerprint density at radius 1 is 1.22 bits per heavy atom. The van der Waals surface area contributed by atoms with Crippen molar-refractivity contribution in [1.82, 2.24) is 14.5 Å². The van der Waals surface area contributed by atoms with Crippen LogP contribution in [0, 0.1) is 6.92 Å². The first-order chi connectivity index (χ1) is 11.0. The third-order valence-corrected chi connectivity index (χ3v) is 5.45. The summed E-state index contributed by atoms with van der Waals surface area (Å²) in [7, 11) is -3.56. The molecule has 0 saturated carbocycles. The number of aromatic nitrogens is 2. The molecule has 0 fully saturated rings. The molecule has 0 aliphatic heterocycles. The molecule has 1 aromatic carbocycles. The zero-order valence-corrected chi connectivity index (χ0v) is 13.8. The summed E-state index contributed by atoms with van der Waals surface area (Å²) >= 11 is 0. The van der Waals surface area contributed by atoms with Crippen molar-refractivity contribution in [2.75, 3.05) is 6.54 Å². The predicted octanol–water partition coefficient (Wildman–Crippen LogP) is 1.02. The topological polar surface area (TPSA) is 81.1 Å². The highest BCUT2D eigenvalue weighted by atomic mass is 32.2.